The number of pyridine rings is 1. The van der Waals surface area contributed by atoms with Gasteiger partial charge < -0.3 is 15.0 Å². The van der Waals surface area contributed by atoms with Crippen molar-refractivity contribution in [3.63, 3.8) is 0 Å². The van der Waals surface area contributed by atoms with Crippen molar-refractivity contribution < 1.29 is 9.53 Å². The second-order valence-electron chi connectivity index (χ2n) is 6.77. The normalized spacial score (nSPS) is 19.8. The molecule has 1 fully saturated rings. The standard InChI is InChI=1S/C19H24N4O2S/c24-18(21-8-6-15-3-1-2-7-20-15)14-4-5-17-16(13-14)22-19(26-17)23-9-11-25-12-10-23/h1-3,7,14H,4-6,8-13H2,(H,21,24). The van der Waals surface area contributed by atoms with Crippen molar-refractivity contribution in [1.82, 2.24) is 15.3 Å². The number of ether oxygens (including phenoxy) is 1. The van der Waals surface area contributed by atoms with Crippen LogP contribution in [0.25, 0.3) is 0 Å². The van der Waals surface area contributed by atoms with Gasteiger partial charge in [0.15, 0.2) is 5.13 Å². The molecule has 1 saturated heterocycles. The molecule has 2 aromatic heterocycles. The van der Waals surface area contributed by atoms with E-state index in [2.05, 4.69) is 15.2 Å². The van der Waals surface area contributed by atoms with Crippen LogP contribution < -0.4 is 10.2 Å². The molecule has 2 aliphatic rings. The molecule has 3 heterocycles. The van der Waals surface area contributed by atoms with E-state index in [1.807, 2.05) is 18.2 Å². The minimum absolute atomic E-state index is 0.0332. The molecule has 1 aliphatic carbocycles. The minimum atomic E-state index is 0.0332. The summed E-state index contributed by atoms with van der Waals surface area (Å²) in [6.07, 6.45) is 5.17. The number of morpholine rings is 1. The number of fused-ring (bicyclic) bond motifs is 1. The Hall–Kier alpha value is -1.99. The molecule has 0 spiro atoms. The summed E-state index contributed by atoms with van der Waals surface area (Å²) >= 11 is 1.79. The van der Waals surface area contributed by atoms with E-state index in [1.165, 1.54) is 4.88 Å². The summed E-state index contributed by atoms with van der Waals surface area (Å²) in [4.78, 5) is 25.3. The molecule has 1 amide bonds. The molecule has 26 heavy (non-hydrogen) atoms. The van der Waals surface area contributed by atoms with Crippen molar-refractivity contribution in [3.8, 4) is 0 Å². The van der Waals surface area contributed by atoms with Gasteiger partial charge >= 0.3 is 0 Å². The topological polar surface area (TPSA) is 67.4 Å². The Morgan fingerprint density at radius 3 is 3.04 bits per heavy atom. The van der Waals surface area contributed by atoms with Gasteiger partial charge in [0.2, 0.25) is 5.91 Å². The van der Waals surface area contributed by atoms with E-state index < -0.39 is 0 Å². The second-order valence-corrected chi connectivity index (χ2v) is 7.83. The molecule has 1 aliphatic heterocycles. The molecule has 1 unspecified atom stereocenters. The molecular formula is C19H24N4O2S. The number of nitrogens with zero attached hydrogens (tertiary/aromatic N) is 3. The monoisotopic (exact) mass is 372 g/mol. The fraction of sp³-hybridized carbons (Fsp3) is 0.526. The van der Waals surface area contributed by atoms with E-state index in [0.29, 0.717) is 6.54 Å². The van der Waals surface area contributed by atoms with E-state index >= 15 is 0 Å². The maximum Gasteiger partial charge on any atom is 0.223 e. The van der Waals surface area contributed by atoms with E-state index in [-0.39, 0.29) is 11.8 Å². The molecular weight excluding hydrogens is 348 g/mol. The number of nitrogens with one attached hydrogen (secondary N) is 1. The van der Waals surface area contributed by atoms with Crippen molar-refractivity contribution in [2.24, 2.45) is 5.92 Å². The van der Waals surface area contributed by atoms with Crippen LogP contribution in [-0.4, -0.2) is 48.7 Å². The molecule has 6 nitrogen and oxygen atoms in total. The highest BCUT2D eigenvalue weighted by molar-refractivity contribution is 7.15. The zero-order valence-electron chi connectivity index (χ0n) is 14.8. The molecule has 0 bridgehead atoms. The van der Waals surface area contributed by atoms with Crippen LogP contribution in [0.3, 0.4) is 0 Å². The largest absolute Gasteiger partial charge is 0.378 e. The van der Waals surface area contributed by atoms with E-state index in [1.54, 1.807) is 17.5 Å². The third kappa shape index (κ3) is 4.04. The summed E-state index contributed by atoms with van der Waals surface area (Å²) < 4.78 is 5.42. The minimum Gasteiger partial charge on any atom is -0.378 e. The third-order valence-corrected chi connectivity index (χ3v) is 6.20. The van der Waals surface area contributed by atoms with E-state index in [9.17, 15) is 4.79 Å². The highest BCUT2D eigenvalue weighted by Crippen LogP contribution is 2.34. The number of aryl methyl sites for hydroxylation is 1. The molecule has 2 aromatic rings. The van der Waals surface area contributed by atoms with Crippen molar-refractivity contribution in [1.29, 1.82) is 0 Å². The maximum atomic E-state index is 12.5. The van der Waals surface area contributed by atoms with E-state index in [0.717, 1.165) is 68.5 Å². The number of hydrogen-bond donors (Lipinski definition) is 1. The summed E-state index contributed by atoms with van der Waals surface area (Å²) in [7, 11) is 0. The van der Waals surface area contributed by atoms with Gasteiger partial charge in [0, 0.05) is 55.2 Å². The fourth-order valence-electron chi connectivity index (χ4n) is 3.48. The quantitative estimate of drug-likeness (QED) is 0.867. The van der Waals surface area contributed by atoms with Gasteiger partial charge in [-0.2, -0.15) is 0 Å². The number of hydrogen-bond acceptors (Lipinski definition) is 6. The first-order valence-corrected chi connectivity index (χ1v) is 10.1. The van der Waals surface area contributed by atoms with Crippen molar-refractivity contribution in [2.75, 3.05) is 37.7 Å². The van der Waals surface area contributed by atoms with Gasteiger partial charge in [-0.1, -0.05) is 6.07 Å². The number of carbonyl (C=O) groups is 1. The van der Waals surface area contributed by atoms with Crippen LogP contribution in [0, 0.1) is 5.92 Å². The van der Waals surface area contributed by atoms with Crippen molar-refractivity contribution >= 4 is 22.4 Å². The average Bonchev–Trinajstić information content (AvgIpc) is 3.13. The van der Waals surface area contributed by atoms with E-state index in [4.69, 9.17) is 9.72 Å². The van der Waals surface area contributed by atoms with Gasteiger partial charge in [-0.05, 0) is 25.0 Å². The van der Waals surface area contributed by atoms with Crippen LogP contribution in [0.2, 0.25) is 0 Å². The Balaban J connectivity index is 1.31. The van der Waals surface area contributed by atoms with Gasteiger partial charge in [0.1, 0.15) is 0 Å². The molecule has 7 heteroatoms. The first-order valence-electron chi connectivity index (χ1n) is 9.28. The highest BCUT2D eigenvalue weighted by Gasteiger charge is 2.28. The fourth-order valence-corrected chi connectivity index (χ4v) is 4.64. The predicted molar refractivity (Wildman–Crippen MR) is 102 cm³/mol. The first-order chi connectivity index (χ1) is 12.8. The Morgan fingerprint density at radius 1 is 1.35 bits per heavy atom. The lowest BCUT2D eigenvalue weighted by atomic mass is 9.90. The molecule has 0 radical (unpaired) electrons. The van der Waals surface area contributed by atoms with Crippen molar-refractivity contribution in [2.45, 2.75) is 25.7 Å². The Labute approximate surface area is 157 Å². The molecule has 4 rings (SSSR count). The summed E-state index contributed by atoms with van der Waals surface area (Å²) in [6.45, 7) is 3.99. The number of carbonyl (C=O) groups excluding carboxylic acids is 1. The average molecular weight is 372 g/mol. The number of thiazole rings is 1. The smallest absolute Gasteiger partial charge is 0.223 e. The van der Waals surface area contributed by atoms with Gasteiger partial charge in [0.05, 0.1) is 18.9 Å². The van der Waals surface area contributed by atoms with Crippen LogP contribution >= 0.6 is 11.3 Å². The van der Waals surface area contributed by atoms with Crippen LogP contribution in [0.4, 0.5) is 5.13 Å². The Kier molecular flexibility index (Phi) is 5.45. The van der Waals surface area contributed by atoms with Crippen LogP contribution in [-0.2, 0) is 28.8 Å². The summed E-state index contributed by atoms with van der Waals surface area (Å²) in [5.41, 5.74) is 2.13. The molecule has 138 valence electrons. The summed E-state index contributed by atoms with van der Waals surface area (Å²) in [5.74, 6) is 0.179. The number of rotatable bonds is 5. The predicted octanol–water partition coefficient (Wildman–Crippen LogP) is 1.84. The first kappa shape index (κ1) is 17.4. The summed E-state index contributed by atoms with van der Waals surface area (Å²) in [6, 6.07) is 5.86. The lowest BCUT2D eigenvalue weighted by Crippen LogP contribution is -2.36. The maximum absolute atomic E-state index is 12.5. The Morgan fingerprint density at radius 2 is 2.23 bits per heavy atom. The van der Waals surface area contributed by atoms with Gasteiger partial charge in [0.25, 0.3) is 0 Å². The molecule has 1 N–H and O–H groups in total. The van der Waals surface area contributed by atoms with Crippen molar-refractivity contribution in [3.05, 3.63) is 40.7 Å². The lowest BCUT2D eigenvalue weighted by molar-refractivity contribution is -0.125. The van der Waals surface area contributed by atoms with Crippen LogP contribution in [0.15, 0.2) is 24.4 Å². The number of anilines is 1. The zero-order chi connectivity index (χ0) is 17.8. The number of aromatic nitrogens is 2. The Bertz CT molecular complexity index is 743. The zero-order valence-corrected chi connectivity index (χ0v) is 15.6. The van der Waals surface area contributed by atoms with Crippen LogP contribution in [0.1, 0.15) is 22.7 Å². The number of amides is 1. The summed E-state index contributed by atoms with van der Waals surface area (Å²) in [5, 5.41) is 4.16. The highest BCUT2D eigenvalue weighted by atomic mass is 32.1. The van der Waals surface area contributed by atoms with Crippen LogP contribution in [0.5, 0.6) is 0 Å². The molecule has 1 atom stereocenters. The second kappa shape index (κ2) is 8.14. The van der Waals surface area contributed by atoms with Gasteiger partial charge in [-0.15, -0.1) is 11.3 Å². The third-order valence-electron chi connectivity index (χ3n) is 4.99. The SMILES string of the molecule is O=C(NCCc1ccccn1)C1CCc2sc(N3CCOCC3)nc2C1. The van der Waals surface area contributed by atoms with Gasteiger partial charge in [-0.3, -0.25) is 9.78 Å². The molecule has 0 aromatic carbocycles. The lowest BCUT2D eigenvalue weighted by Gasteiger charge is -2.26. The molecule has 0 saturated carbocycles. The van der Waals surface area contributed by atoms with Gasteiger partial charge in [-0.25, -0.2) is 4.98 Å².